The number of carbonyl (C=O) groups excluding carboxylic acids is 1. The largest absolute Gasteiger partial charge is 0.461 e. The van der Waals surface area contributed by atoms with Gasteiger partial charge in [0.2, 0.25) is 0 Å². The number of carbonyl (C=O) groups is 1. The van der Waals surface area contributed by atoms with Gasteiger partial charge in [-0.25, -0.2) is 17.2 Å². The molecule has 0 aliphatic carbocycles. The maximum atomic E-state index is 14.8. The van der Waals surface area contributed by atoms with Gasteiger partial charge in [-0.3, -0.25) is 4.57 Å². The van der Waals surface area contributed by atoms with E-state index in [1.54, 1.807) is 55.5 Å². The van der Waals surface area contributed by atoms with Crippen LogP contribution in [0.5, 0.6) is 0 Å². The zero-order valence-electron chi connectivity index (χ0n) is 22.2. The highest BCUT2D eigenvalue weighted by Crippen LogP contribution is 2.49. The van der Waals surface area contributed by atoms with Crippen molar-refractivity contribution in [1.29, 1.82) is 0 Å². The minimum absolute atomic E-state index is 0.00249. The van der Waals surface area contributed by atoms with E-state index in [2.05, 4.69) is 15.9 Å². The van der Waals surface area contributed by atoms with Gasteiger partial charge in [-0.1, -0.05) is 59.6 Å². The Kier molecular flexibility index (Phi) is 9.42. The first kappa shape index (κ1) is 29.8. The number of nitrogens with zero attached hydrogens (tertiary/aromatic N) is 1. The van der Waals surface area contributed by atoms with Crippen LogP contribution in [0.15, 0.2) is 76.1 Å². The molecule has 1 aromatic heterocycles. The summed E-state index contributed by atoms with van der Waals surface area (Å²) in [6.45, 7) is 9.29. The lowest BCUT2D eigenvalue weighted by molar-refractivity contribution is 0.0520. The van der Waals surface area contributed by atoms with E-state index < -0.39 is 23.4 Å². The minimum Gasteiger partial charge on any atom is -0.461 e. The first-order valence-corrected chi connectivity index (χ1v) is 16.0. The molecule has 0 aliphatic rings. The molecule has 0 fully saturated rings. The summed E-state index contributed by atoms with van der Waals surface area (Å²) in [5.41, 5.74) is 1.46. The molecule has 10 heteroatoms. The normalized spacial score (nSPS) is 12.9. The summed E-state index contributed by atoms with van der Waals surface area (Å²) in [5, 5.41) is 0.639. The average molecular weight is 621 g/mol. The average Bonchev–Trinajstić information content (AvgIpc) is 3.25. The van der Waals surface area contributed by atoms with Gasteiger partial charge in [0.1, 0.15) is 0 Å². The zero-order valence-corrected chi connectivity index (χ0v) is 25.5. The van der Waals surface area contributed by atoms with Crippen LogP contribution in [0.3, 0.4) is 0 Å². The third-order valence-electron chi connectivity index (χ3n) is 5.72. The molecule has 38 heavy (non-hydrogen) atoms. The van der Waals surface area contributed by atoms with Crippen LogP contribution in [-0.2, 0) is 23.8 Å². The van der Waals surface area contributed by atoms with Crippen LogP contribution in [0.2, 0.25) is 0 Å². The topological polar surface area (TPSA) is 91.7 Å². The molecule has 4 aromatic rings. The standard InChI is InChI=1S/C26H25BrNO6PS.C2H6/c1-5-34-26(29)24-25(35(30,33-4)20-14-18(3)13-19(27)16-20)22-15-17(2)11-12-23(22)28(24)36(31,32)21-9-7-6-8-10-21;1-2/h6-16H,5H2,1-4H3;1-2H3. The Morgan fingerprint density at radius 2 is 1.63 bits per heavy atom. The molecule has 0 N–H and O–H groups in total. The van der Waals surface area contributed by atoms with Crippen molar-refractivity contribution in [2.75, 3.05) is 13.7 Å². The van der Waals surface area contributed by atoms with Crippen molar-refractivity contribution in [3.05, 3.63) is 88.0 Å². The molecule has 0 spiro atoms. The summed E-state index contributed by atoms with van der Waals surface area (Å²) in [7, 11) is -7.00. The van der Waals surface area contributed by atoms with E-state index in [1.807, 2.05) is 33.8 Å². The van der Waals surface area contributed by atoms with Crippen LogP contribution in [0, 0.1) is 13.8 Å². The Morgan fingerprint density at radius 3 is 2.21 bits per heavy atom. The smallest absolute Gasteiger partial charge is 0.356 e. The number of benzene rings is 3. The number of hydrogen-bond donors (Lipinski definition) is 0. The van der Waals surface area contributed by atoms with Crippen molar-refractivity contribution in [2.45, 2.75) is 39.5 Å². The Hall–Kier alpha value is -2.71. The molecule has 202 valence electrons. The van der Waals surface area contributed by atoms with Crippen LogP contribution in [-0.4, -0.2) is 32.1 Å². The third kappa shape index (κ3) is 5.38. The molecule has 7 nitrogen and oxygen atoms in total. The quantitative estimate of drug-likeness (QED) is 0.177. The van der Waals surface area contributed by atoms with E-state index in [0.717, 1.165) is 15.1 Å². The number of fused-ring (bicyclic) bond motifs is 1. The van der Waals surface area contributed by atoms with E-state index in [4.69, 9.17) is 9.26 Å². The van der Waals surface area contributed by atoms with Crippen LogP contribution in [0.1, 0.15) is 42.4 Å². The summed E-state index contributed by atoms with van der Waals surface area (Å²) in [4.78, 5) is 13.4. The van der Waals surface area contributed by atoms with E-state index in [9.17, 15) is 17.8 Å². The number of rotatable bonds is 7. The van der Waals surface area contributed by atoms with Gasteiger partial charge in [0.15, 0.2) is 5.69 Å². The fourth-order valence-electron chi connectivity index (χ4n) is 4.20. The van der Waals surface area contributed by atoms with Gasteiger partial charge >= 0.3 is 5.97 Å². The maximum absolute atomic E-state index is 14.8. The molecule has 0 saturated carbocycles. The summed E-state index contributed by atoms with van der Waals surface area (Å²) in [6, 6.07) is 18.0. The van der Waals surface area contributed by atoms with E-state index in [1.165, 1.54) is 19.2 Å². The highest BCUT2D eigenvalue weighted by atomic mass is 79.9. The molecule has 1 unspecified atom stereocenters. The minimum atomic E-state index is -4.29. The molecule has 1 atom stereocenters. The number of halogens is 1. The molecule has 0 radical (unpaired) electrons. The Labute approximate surface area is 232 Å². The zero-order chi connectivity index (χ0) is 28.3. The Balaban J connectivity index is 0.00000195. The summed E-state index contributed by atoms with van der Waals surface area (Å²) < 4.78 is 55.3. The lowest BCUT2D eigenvalue weighted by Crippen LogP contribution is -2.28. The number of aromatic nitrogens is 1. The van der Waals surface area contributed by atoms with Crippen molar-refractivity contribution in [1.82, 2.24) is 3.97 Å². The molecule has 1 heterocycles. The Morgan fingerprint density at radius 1 is 0.974 bits per heavy atom. The van der Waals surface area contributed by atoms with Crippen molar-refractivity contribution in [2.24, 2.45) is 0 Å². The van der Waals surface area contributed by atoms with Crippen molar-refractivity contribution < 1.29 is 27.0 Å². The van der Waals surface area contributed by atoms with Gasteiger partial charge in [0, 0.05) is 22.3 Å². The molecule has 4 rings (SSSR count). The molecule has 0 amide bonds. The molecular formula is C28H31BrNO6PS. The summed E-state index contributed by atoms with van der Waals surface area (Å²) in [5.74, 6) is -0.912. The molecule has 0 aliphatic heterocycles. The molecule has 3 aromatic carbocycles. The number of ether oxygens (including phenoxy) is 1. The van der Waals surface area contributed by atoms with Gasteiger partial charge in [-0.2, -0.15) is 0 Å². The lowest BCUT2D eigenvalue weighted by Gasteiger charge is -2.19. The lowest BCUT2D eigenvalue weighted by atomic mass is 10.2. The SMILES string of the molecule is CC.CCOC(=O)c1c(P(=O)(OC)c2cc(C)cc(Br)c2)c2cc(C)ccc2n1S(=O)(=O)c1ccccc1. The van der Waals surface area contributed by atoms with Crippen LogP contribution in [0.25, 0.3) is 10.9 Å². The van der Waals surface area contributed by atoms with Gasteiger partial charge in [-0.15, -0.1) is 0 Å². The summed E-state index contributed by atoms with van der Waals surface area (Å²) in [6.07, 6.45) is 0. The monoisotopic (exact) mass is 619 g/mol. The van der Waals surface area contributed by atoms with Crippen molar-refractivity contribution >= 4 is 60.8 Å². The van der Waals surface area contributed by atoms with Crippen molar-refractivity contribution in [3.8, 4) is 0 Å². The highest BCUT2D eigenvalue weighted by Gasteiger charge is 2.41. The molecular weight excluding hydrogens is 589 g/mol. The third-order valence-corrected chi connectivity index (χ3v) is 10.4. The first-order valence-electron chi connectivity index (χ1n) is 12.1. The van der Waals surface area contributed by atoms with Gasteiger partial charge < -0.3 is 9.26 Å². The number of aryl methyl sites for hydroxylation is 2. The van der Waals surface area contributed by atoms with E-state index >= 15 is 0 Å². The predicted octanol–water partition coefficient (Wildman–Crippen LogP) is 6.34. The van der Waals surface area contributed by atoms with Crippen molar-refractivity contribution in [3.63, 3.8) is 0 Å². The molecule has 0 saturated heterocycles. The van der Waals surface area contributed by atoms with Crippen LogP contribution in [0.4, 0.5) is 0 Å². The van der Waals surface area contributed by atoms with Gasteiger partial charge in [0.05, 0.1) is 22.3 Å². The van der Waals surface area contributed by atoms with Gasteiger partial charge in [-0.05, 0) is 68.8 Å². The number of hydrogen-bond acceptors (Lipinski definition) is 6. The molecule has 0 bridgehead atoms. The van der Waals surface area contributed by atoms with E-state index in [0.29, 0.717) is 15.2 Å². The van der Waals surface area contributed by atoms with Crippen LogP contribution >= 0.6 is 23.3 Å². The second kappa shape index (κ2) is 12.0. The first-order chi connectivity index (χ1) is 18.0. The fourth-order valence-corrected chi connectivity index (χ4v) is 8.89. The fraction of sp³-hybridized carbons (Fsp3) is 0.250. The van der Waals surface area contributed by atoms with Crippen LogP contribution < -0.4 is 10.6 Å². The Bertz CT molecular complexity index is 1610. The number of esters is 1. The second-order valence-corrected chi connectivity index (χ2v) is 13.4. The predicted molar refractivity (Wildman–Crippen MR) is 156 cm³/mol. The second-order valence-electron chi connectivity index (χ2n) is 8.24. The van der Waals surface area contributed by atoms with E-state index in [-0.39, 0.29) is 28.0 Å². The highest BCUT2D eigenvalue weighted by molar-refractivity contribution is 9.10. The maximum Gasteiger partial charge on any atom is 0.356 e. The summed E-state index contributed by atoms with van der Waals surface area (Å²) >= 11 is 3.44. The van der Waals surface area contributed by atoms with Gasteiger partial charge in [0.25, 0.3) is 17.4 Å².